The molecule has 1 atom stereocenters. The molecule has 0 radical (unpaired) electrons. The van der Waals surface area contributed by atoms with Crippen LogP contribution in [-0.2, 0) is 16.1 Å². The Balaban J connectivity index is 1.94. The first-order valence-electron chi connectivity index (χ1n) is 5.77. The van der Waals surface area contributed by atoms with Crippen molar-refractivity contribution in [1.82, 2.24) is 9.88 Å². The summed E-state index contributed by atoms with van der Waals surface area (Å²) in [6.07, 6.45) is 1.90. The van der Waals surface area contributed by atoms with Crippen LogP contribution in [0.25, 0.3) is 0 Å². The van der Waals surface area contributed by atoms with Crippen LogP contribution in [0.15, 0.2) is 5.51 Å². The van der Waals surface area contributed by atoms with Crippen molar-refractivity contribution in [3.63, 3.8) is 0 Å². The quantitative estimate of drug-likeness (QED) is 0.747. The normalized spacial score (nSPS) is 24.4. The van der Waals surface area contributed by atoms with Gasteiger partial charge >= 0.3 is 0 Å². The summed E-state index contributed by atoms with van der Waals surface area (Å²) in [7, 11) is 2.04. The molecular formula is C12H18N2O2S. The Morgan fingerprint density at radius 1 is 1.71 bits per heavy atom. The van der Waals surface area contributed by atoms with Crippen molar-refractivity contribution >= 4 is 17.6 Å². The summed E-state index contributed by atoms with van der Waals surface area (Å²) in [5.41, 5.74) is 2.66. The monoisotopic (exact) mass is 254 g/mol. The van der Waals surface area contributed by atoms with E-state index in [0.29, 0.717) is 13.2 Å². The second-order valence-corrected chi connectivity index (χ2v) is 5.76. The summed E-state index contributed by atoms with van der Waals surface area (Å²) in [6.45, 7) is 4.89. The summed E-state index contributed by atoms with van der Waals surface area (Å²) in [5.74, 6) is 0. The highest BCUT2D eigenvalue weighted by Crippen LogP contribution is 2.27. The fourth-order valence-corrected chi connectivity index (χ4v) is 3.05. The van der Waals surface area contributed by atoms with Gasteiger partial charge in [-0.15, -0.1) is 11.3 Å². The van der Waals surface area contributed by atoms with Crippen LogP contribution < -0.4 is 0 Å². The zero-order valence-corrected chi connectivity index (χ0v) is 11.1. The van der Waals surface area contributed by atoms with E-state index >= 15 is 0 Å². The average molecular weight is 254 g/mol. The number of aromatic nitrogens is 1. The molecule has 1 saturated heterocycles. The summed E-state index contributed by atoms with van der Waals surface area (Å²) >= 11 is 1.67. The first-order valence-corrected chi connectivity index (χ1v) is 6.65. The predicted molar refractivity (Wildman–Crippen MR) is 67.1 cm³/mol. The highest BCUT2D eigenvalue weighted by molar-refractivity contribution is 7.09. The van der Waals surface area contributed by atoms with Crippen molar-refractivity contribution in [1.29, 1.82) is 0 Å². The van der Waals surface area contributed by atoms with Gasteiger partial charge in [-0.05, 0) is 20.4 Å². The molecule has 0 amide bonds. The highest BCUT2D eigenvalue weighted by Gasteiger charge is 2.35. The number of carbonyl (C=O) groups is 1. The predicted octanol–water partition coefficient (Wildman–Crippen LogP) is 1.49. The first kappa shape index (κ1) is 12.7. The number of carbonyl (C=O) groups excluding carboxylic acids is 1. The molecule has 5 heteroatoms. The molecule has 0 saturated carbocycles. The number of rotatable bonds is 5. The lowest BCUT2D eigenvalue weighted by atomic mass is 9.89. The van der Waals surface area contributed by atoms with Crippen LogP contribution in [-0.4, -0.2) is 43.0 Å². The summed E-state index contributed by atoms with van der Waals surface area (Å²) < 4.78 is 5.34. The van der Waals surface area contributed by atoms with Crippen LogP contribution >= 0.6 is 11.3 Å². The Hall–Kier alpha value is -0.780. The molecule has 0 N–H and O–H groups in total. The second kappa shape index (κ2) is 5.25. The van der Waals surface area contributed by atoms with Gasteiger partial charge in [-0.2, -0.15) is 0 Å². The van der Waals surface area contributed by atoms with E-state index < -0.39 is 0 Å². The lowest BCUT2D eigenvalue weighted by molar-refractivity contribution is -0.117. The van der Waals surface area contributed by atoms with Crippen molar-refractivity contribution in [2.24, 2.45) is 5.41 Å². The van der Waals surface area contributed by atoms with E-state index in [1.807, 2.05) is 19.5 Å². The van der Waals surface area contributed by atoms with Gasteiger partial charge in [0.15, 0.2) is 0 Å². The van der Waals surface area contributed by atoms with Gasteiger partial charge in [0.25, 0.3) is 0 Å². The van der Waals surface area contributed by atoms with E-state index in [1.54, 1.807) is 11.3 Å². The minimum Gasteiger partial charge on any atom is -0.380 e. The summed E-state index contributed by atoms with van der Waals surface area (Å²) in [5, 5.41) is 0. The second-order valence-electron chi connectivity index (χ2n) is 4.82. The smallest absolute Gasteiger partial charge is 0.129 e. The van der Waals surface area contributed by atoms with Gasteiger partial charge in [-0.1, -0.05) is 0 Å². The van der Waals surface area contributed by atoms with E-state index in [2.05, 4.69) is 9.88 Å². The third kappa shape index (κ3) is 2.91. The van der Waals surface area contributed by atoms with Gasteiger partial charge in [0.2, 0.25) is 0 Å². The van der Waals surface area contributed by atoms with Crippen molar-refractivity contribution in [2.75, 3.05) is 26.8 Å². The zero-order chi connectivity index (χ0) is 12.3. The Morgan fingerprint density at radius 2 is 2.53 bits per heavy atom. The molecule has 1 aromatic heterocycles. The number of hydrogen-bond donors (Lipinski definition) is 0. The Labute approximate surface area is 106 Å². The van der Waals surface area contributed by atoms with Crippen molar-refractivity contribution < 1.29 is 9.53 Å². The minimum atomic E-state index is -0.298. The molecule has 0 bridgehead atoms. The SMILES string of the molecule is Cc1ncsc1CN(C)CC1(C=O)CCOC1. The summed E-state index contributed by atoms with van der Waals surface area (Å²) in [4.78, 5) is 18.9. The zero-order valence-electron chi connectivity index (χ0n) is 10.3. The molecule has 0 aromatic carbocycles. The molecule has 2 heterocycles. The van der Waals surface area contributed by atoms with Gasteiger partial charge in [0.05, 0.1) is 23.2 Å². The molecular weight excluding hydrogens is 236 g/mol. The molecule has 0 aliphatic carbocycles. The fourth-order valence-electron chi connectivity index (χ4n) is 2.19. The van der Waals surface area contributed by atoms with Gasteiger partial charge < -0.3 is 14.4 Å². The van der Waals surface area contributed by atoms with Crippen LogP contribution in [0.5, 0.6) is 0 Å². The van der Waals surface area contributed by atoms with Gasteiger partial charge in [0.1, 0.15) is 6.29 Å². The Kier molecular flexibility index (Phi) is 3.91. The van der Waals surface area contributed by atoms with Crippen LogP contribution in [0.1, 0.15) is 17.0 Å². The van der Waals surface area contributed by atoms with Crippen LogP contribution in [0, 0.1) is 12.3 Å². The van der Waals surface area contributed by atoms with Crippen molar-refractivity contribution in [3.8, 4) is 0 Å². The molecule has 1 fully saturated rings. The van der Waals surface area contributed by atoms with Crippen LogP contribution in [0.4, 0.5) is 0 Å². The standard InChI is InChI=1S/C12H18N2O2S/c1-10-11(17-9-13-10)5-14(2)6-12(7-15)3-4-16-8-12/h7,9H,3-6,8H2,1-2H3. The molecule has 4 nitrogen and oxygen atoms in total. The molecule has 94 valence electrons. The fraction of sp³-hybridized carbons (Fsp3) is 0.667. The van der Waals surface area contributed by atoms with E-state index in [1.165, 1.54) is 4.88 Å². The minimum absolute atomic E-state index is 0.298. The number of ether oxygens (including phenoxy) is 1. The van der Waals surface area contributed by atoms with E-state index in [9.17, 15) is 4.79 Å². The number of nitrogens with zero attached hydrogens (tertiary/aromatic N) is 2. The van der Waals surface area contributed by atoms with Crippen molar-refractivity contribution in [2.45, 2.75) is 19.9 Å². The molecule has 1 aliphatic rings. The first-order chi connectivity index (χ1) is 8.15. The number of aryl methyl sites for hydroxylation is 1. The summed E-state index contributed by atoms with van der Waals surface area (Å²) in [6, 6.07) is 0. The van der Waals surface area contributed by atoms with E-state index in [4.69, 9.17) is 4.74 Å². The number of thiazole rings is 1. The third-order valence-electron chi connectivity index (χ3n) is 3.23. The lowest BCUT2D eigenvalue weighted by Gasteiger charge is -2.26. The maximum absolute atomic E-state index is 11.2. The van der Waals surface area contributed by atoms with Gasteiger partial charge in [-0.3, -0.25) is 0 Å². The van der Waals surface area contributed by atoms with Gasteiger partial charge in [-0.25, -0.2) is 4.98 Å². The molecule has 1 aliphatic heterocycles. The van der Waals surface area contributed by atoms with Crippen molar-refractivity contribution in [3.05, 3.63) is 16.1 Å². The molecule has 17 heavy (non-hydrogen) atoms. The van der Waals surface area contributed by atoms with E-state index in [-0.39, 0.29) is 5.41 Å². The topological polar surface area (TPSA) is 42.4 Å². The van der Waals surface area contributed by atoms with Gasteiger partial charge in [0, 0.05) is 24.6 Å². The Morgan fingerprint density at radius 3 is 3.06 bits per heavy atom. The maximum Gasteiger partial charge on any atom is 0.129 e. The largest absolute Gasteiger partial charge is 0.380 e. The van der Waals surface area contributed by atoms with Crippen LogP contribution in [0.2, 0.25) is 0 Å². The Bertz CT molecular complexity index is 386. The maximum atomic E-state index is 11.2. The molecule has 1 unspecified atom stereocenters. The molecule has 2 rings (SSSR count). The molecule has 0 spiro atoms. The van der Waals surface area contributed by atoms with E-state index in [0.717, 1.165) is 31.5 Å². The average Bonchev–Trinajstić information content (AvgIpc) is 2.90. The highest BCUT2D eigenvalue weighted by atomic mass is 32.1. The number of hydrogen-bond acceptors (Lipinski definition) is 5. The number of aldehydes is 1. The lowest BCUT2D eigenvalue weighted by Crippen LogP contribution is -2.37. The molecule has 1 aromatic rings. The third-order valence-corrected chi connectivity index (χ3v) is 4.15. The van der Waals surface area contributed by atoms with Crippen LogP contribution in [0.3, 0.4) is 0 Å².